The van der Waals surface area contributed by atoms with Crippen LogP contribution in [0.1, 0.15) is 6.92 Å². The number of hydrogen-bond donors (Lipinski definition) is 6. The third kappa shape index (κ3) is 4.06. The Kier molecular flexibility index (Phi) is 6.63. The molecular weight excluding hydrogens is 390 g/mol. The van der Waals surface area contributed by atoms with Crippen LogP contribution in [0.3, 0.4) is 0 Å². The molecule has 29 heavy (non-hydrogen) atoms. The molecule has 0 bridgehead atoms. The number of nitrogens with one attached hydrogen (secondary N) is 1. The molecule has 2 heterocycles. The van der Waals surface area contributed by atoms with Gasteiger partial charge in [0.05, 0.1) is 25.2 Å². The first-order valence-corrected chi connectivity index (χ1v) is 9.45. The highest BCUT2D eigenvalue weighted by molar-refractivity contribution is 5.75. The fourth-order valence-corrected chi connectivity index (χ4v) is 4.00. The molecule has 10 atom stereocenters. The Morgan fingerprint density at radius 3 is 2.41 bits per heavy atom. The lowest BCUT2D eigenvalue weighted by Gasteiger charge is -2.43. The van der Waals surface area contributed by atoms with Crippen LogP contribution in [0.2, 0.25) is 0 Å². The lowest BCUT2D eigenvalue weighted by atomic mass is 9.96. The normalized spacial score (nSPS) is 44.1. The molecule has 1 aliphatic carbocycles. The second kappa shape index (κ2) is 8.68. The number of hydrogen-bond acceptors (Lipinski definition) is 11. The molecule has 12 heteroatoms. The van der Waals surface area contributed by atoms with E-state index in [9.17, 15) is 30.3 Å². The predicted molar refractivity (Wildman–Crippen MR) is 96.6 cm³/mol. The van der Waals surface area contributed by atoms with E-state index in [0.717, 1.165) is 0 Å². The summed E-state index contributed by atoms with van der Waals surface area (Å²) < 4.78 is 17.2. The number of ether oxygens (including phenoxy) is 3. The van der Waals surface area contributed by atoms with E-state index in [4.69, 9.17) is 14.2 Å². The fraction of sp³-hybridized carbons (Fsp3) is 0.882. The summed E-state index contributed by atoms with van der Waals surface area (Å²) in [6, 6.07) is -1.48. The summed E-state index contributed by atoms with van der Waals surface area (Å²) in [5.74, 6) is -1.16. The molecule has 1 saturated heterocycles. The molecule has 0 aromatic carbocycles. The molecule has 1 saturated carbocycles. The molecule has 0 aromatic heterocycles. The lowest BCUT2D eigenvalue weighted by molar-refractivity contribution is -0.288. The number of carbonyl (C=O) groups is 1. The average molecular weight is 419 g/mol. The summed E-state index contributed by atoms with van der Waals surface area (Å²) >= 11 is 0. The summed E-state index contributed by atoms with van der Waals surface area (Å²) in [7, 11) is 3.47. The first-order valence-electron chi connectivity index (χ1n) is 9.45. The molecular formula is C17H29N3O9. The lowest BCUT2D eigenvalue weighted by Crippen LogP contribution is -2.65. The number of rotatable bonds is 5. The van der Waals surface area contributed by atoms with Gasteiger partial charge in [0.15, 0.2) is 6.29 Å². The van der Waals surface area contributed by atoms with E-state index in [0.29, 0.717) is 6.02 Å². The average Bonchev–Trinajstić information content (AvgIpc) is 3.19. The Bertz CT molecular complexity index is 633. The maximum Gasteiger partial charge on any atom is 0.287 e. The van der Waals surface area contributed by atoms with Gasteiger partial charge in [-0.3, -0.25) is 4.79 Å². The standard InChI is InChI=1S/C17H29N3O9/c1-6(23)18-9-13(26)12(25)8(5-22)27-16(9)28-15-10-14(7(4-21)11(15)24)29-17(19-10)20(2)3/h7-16,21-22,24-26H,4-5H2,1-3H3,(H,18,23)/t7-,8-,9-,10+,11-,12-,13+,14+,15-,16+/m1/s1. The largest absolute Gasteiger partial charge is 0.459 e. The van der Waals surface area contributed by atoms with E-state index in [1.807, 2.05) is 0 Å². The van der Waals surface area contributed by atoms with Gasteiger partial charge in [-0.15, -0.1) is 0 Å². The first kappa shape index (κ1) is 22.2. The maximum atomic E-state index is 11.6. The van der Waals surface area contributed by atoms with Gasteiger partial charge < -0.3 is 50.0 Å². The molecule has 0 radical (unpaired) electrons. The number of amides is 1. The molecule has 12 nitrogen and oxygen atoms in total. The number of amidine groups is 1. The monoisotopic (exact) mass is 419 g/mol. The molecule has 3 rings (SSSR count). The number of aliphatic hydroxyl groups is 5. The molecule has 3 aliphatic rings. The number of carbonyl (C=O) groups excluding carboxylic acids is 1. The van der Waals surface area contributed by atoms with Crippen LogP contribution in [-0.4, -0.2) is 125 Å². The van der Waals surface area contributed by atoms with Crippen LogP contribution < -0.4 is 5.32 Å². The van der Waals surface area contributed by atoms with Gasteiger partial charge >= 0.3 is 0 Å². The van der Waals surface area contributed by atoms with Crippen molar-refractivity contribution in [3.63, 3.8) is 0 Å². The molecule has 6 N–H and O–H groups in total. The topological polar surface area (TPSA) is 174 Å². The van der Waals surface area contributed by atoms with Crippen LogP contribution in [0.25, 0.3) is 0 Å². The van der Waals surface area contributed by atoms with Gasteiger partial charge in [-0.2, -0.15) is 0 Å². The Morgan fingerprint density at radius 1 is 1.17 bits per heavy atom. The Morgan fingerprint density at radius 2 is 1.86 bits per heavy atom. The summed E-state index contributed by atoms with van der Waals surface area (Å²) in [5.41, 5.74) is 0. The molecule has 2 fully saturated rings. The van der Waals surface area contributed by atoms with Crippen molar-refractivity contribution >= 4 is 11.9 Å². The maximum absolute atomic E-state index is 11.6. The fourth-order valence-electron chi connectivity index (χ4n) is 4.00. The van der Waals surface area contributed by atoms with Crippen LogP contribution in [0.4, 0.5) is 0 Å². The SMILES string of the molecule is CC(=O)N[C@H]1[C@H](O[C@H]2[C@H](O)[C@@H](CO)[C@@H]3OC(N(C)C)=N[C@H]23)O[C@H](CO)[C@@H](O)[C@H]1O. The zero-order valence-corrected chi connectivity index (χ0v) is 16.5. The third-order valence-electron chi connectivity index (χ3n) is 5.51. The zero-order chi connectivity index (χ0) is 21.5. The Hall–Kier alpha value is -1.54. The second-order valence-corrected chi connectivity index (χ2v) is 7.75. The molecule has 0 unspecified atom stereocenters. The van der Waals surface area contributed by atoms with Crippen LogP contribution in [-0.2, 0) is 19.0 Å². The number of fused-ring (bicyclic) bond motifs is 1. The number of aliphatic imine (C=N–C) groups is 1. The first-order chi connectivity index (χ1) is 13.7. The van der Waals surface area contributed by atoms with Gasteiger partial charge in [-0.25, -0.2) is 4.99 Å². The molecule has 2 aliphatic heterocycles. The molecule has 1 amide bonds. The molecule has 166 valence electrons. The Balaban J connectivity index is 1.85. The zero-order valence-electron chi connectivity index (χ0n) is 16.5. The summed E-state index contributed by atoms with van der Waals surface area (Å²) in [6.45, 7) is 0.282. The van der Waals surface area contributed by atoms with Crippen molar-refractivity contribution in [2.24, 2.45) is 10.9 Å². The van der Waals surface area contributed by atoms with Gasteiger partial charge in [0.1, 0.15) is 42.6 Å². The minimum absolute atomic E-state index is 0.325. The van der Waals surface area contributed by atoms with E-state index < -0.39 is 73.4 Å². The van der Waals surface area contributed by atoms with Crippen molar-refractivity contribution in [1.29, 1.82) is 0 Å². The summed E-state index contributed by atoms with van der Waals surface area (Å²) in [4.78, 5) is 17.6. The van der Waals surface area contributed by atoms with E-state index in [1.165, 1.54) is 6.92 Å². The molecule has 0 spiro atoms. The third-order valence-corrected chi connectivity index (χ3v) is 5.51. The van der Waals surface area contributed by atoms with Gasteiger partial charge in [-0.1, -0.05) is 0 Å². The van der Waals surface area contributed by atoms with E-state index in [2.05, 4.69) is 10.3 Å². The van der Waals surface area contributed by atoms with E-state index >= 15 is 0 Å². The van der Waals surface area contributed by atoms with Crippen LogP contribution in [0.5, 0.6) is 0 Å². The smallest absolute Gasteiger partial charge is 0.287 e. The minimum Gasteiger partial charge on any atom is -0.459 e. The quantitative estimate of drug-likeness (QED) is 0.258. The van der Waals surface area contributed by atoms with E-state index in [-0.39, 0.29) is 6.61 Å². The van der Waals surface area contributed by atoms with Crippen LogP contribution in [0.15, 0.2) is 4.99 Å². The van der Waals surface area contributed by atoms with Gasteiger partial charge in [0, 0.05) is 21.0 Å². The van der Waals surface area contributed by atoms with Crippen molar-refractivity contribution < 1.29 is 44.5 Å². The van der Waals surface area contributed by atoms with Crippen LogP contribution >= 0.6 is 0 Å². The van der Waals surface area contributed by atoms with Crippen molar-refractivity contribution in [2.45, 2.75) is 61.9 Å². The van der Waals surface area contributed by atoms with Crippen molar-refractivity contribution in [3.05, 3.63) is 0 Å². The minimum atomic E-state index is -1.47. The van der Waals surface area contributed by atoms with E-state index in [1.54, 1.807) is 19.0 Å². The van der Waals surface area contributed by atoms with Crippen molar-refractivity contribution in [1.82, 2.24) is 10.2 Å². The highest BCUT2D eigenvalue weighted by atomic mass is 16.7. The highest BCUT2D eigenvalue weighted by Gasteiger charge is 2.57. The predicted octanol–water partition coefficient (Wildman–Crippen LogP) is -4.02. The number of nitrogens with zero attached hydrogens (tertiary/aromatic N) is 2. The summed E-state index contributed by atoms with van der Waals surface area (Å²) in [6.07, 6.45) is -8.10. The summed E-state index contributed by atoms with van der Waals surface area (Å²) in [5, 5.41) is 52.8. The highest BCUT2D eigenvalue weighted by Crippen LogP contribution is 2.39. The number of aliphatic hydroxyl groups excluding tert-OH is 5. The van der Waals surface area contributed by atoms with Crippen molar-refractivity contribution in [2.75, 3.05) is 27.3 Å². The van der Waals surface area contributed by atoms with Gasteiger partial charge in [-0.05, 0) is 0 Å². The molecule has 0 aromatic rings. The van der Waals surface area contributed by atoms with Crippen LogP contribution in [0, 0.1) is 5.92 Å². The Labute approximate surface area is 167 Å². The van der Waals surface area contributed by atoms with Gasteiger partial charge in [0.2, 0.25) is 5.91 Å². The van der Waals surface area contributed by atoms with Crippen molar-refractivity contribution in [3.8, 4) is 0 Å². The van der Waals surface area contributed by atoms with Gasteiger partial charge in [0.25, 0.3) is 6.02 Å². The second-order valence-electron chi connectivity index (χ2n) is 7.75.